The van der Waals surface area contributed by atoms with Crippen molar-refractivity contribution in [3.05, 3.63) is 54.3 Å². The topological polar surface area (TPSA) is 88.6 Å². The molecular weight excluding hydrogens is 334 g/mol. The van der Waals surface area contributed by atoms with Crippen molar-refractivity contribution in [3.8, 4) is 0 Å². The molecule has 26 heavy (non-hydrogen) atoms. The first-order valence-electron chi connectivity index (χ1n) is 8.51. The van der Waals surface area contributed by atoms with Crippen LogP contribution < -0.4 is 0 Å². The summed E-state index contributed by atoms with van der Waals surface area (Å²) in [6.07, 6.45) is 5.46. The minimum absolute atomic E-state index is 0.0876. The molecule has 0 bridgehead atoms. The summed E-state index contributed by atoms with van der Waals surface area (Å²) in [5, 5.41) is 10.7. The average Bonchev–Trinajstić information content (AvgIpc) is 3.29. The van der Waals surface area contributed by atoms with E-state index < -0.39 is 11.5 Å². The van der Waals surface area contributed by atoms with Crippen LogP contribution in [0.2, 0.25) is 0 Å². The van der Waals surface area contributed by atoms with Crippen LogP contribution in [-0.4, -0.2) is 44.5 Å². The minimum atomic E-state index is -1.04. The fourth-order valence-corrected chi connectivity index (χ4v) is 3.67. The predicted octanol–water partition coefficient (Wildman–Crippen LogP) is 2.65. The van der Waals surface area contributed by atoms with E-state index >= 15 is 0 Å². The molecule has 0 spiro atoms. The van der Waals surface area contributed by atoms with Gasteiger partial charge in [0.1, 0.15) is 16.9 Å². The van der Waals surface area contributed by atoms with Crippen LogP contribution in [-0.2, 0) is 10.3 Å². The molecule has 134 valence electrons. The highest BCUT2D eigenvalue weighted by Gasteiger charge is 2.44. The third-order valence-electron chi connectivity index (χ3n) is 5.16. The van der Waals surface area contributed by atoms with Gasteiger partial charge in [0.2, 0.25) is 0 Å². The Bertz CT molecular complexity index is 966. The number of carbonyl (C=O) groups is 2. The summed E-state index contributed by atoms with van der Waals surface area (Å²) in [5.41, 5.74) is 0.297. The molecule has 7 heteroatoms. The molecule has 1 aromatic carbocycles. The van der Waals surface area contributed by atoms with Gasteiger partial charge in [-0.1, -0.05) is 0 Å². The number of hydrogen-bond acceptors (Lipinski definition) is 4. The maximum Gasteiger partial charge on any atom is 0.330 e. The van der Waals surface area contributed by atoms with Crippen molar-refractivity contribution in [1.82, 2.24) is 14.5 Å². The van der Waals surface area contributed by atoms with E-state index in [4.69, 9.17) is 4.42 Å². The van der Waals surface area contributed by atoms with E-state index in [0.29, 0.717) is 31.5 Å². The maximum atomic E-state index is 12.8. The highest BCUT2D eigenvalue weighted by molar-refractivity contribution is 5.98. The fraction of sp³-hybridized carbons (Fsp3) is 0.316. The van der Waals surface area contributed by atoms with Gasteiger partial charge in [-0.05, 0) is 44.0 Å². The van der Waals surface area contributed by atoms with Crippen molar-refractivity contribution in [2.24, 2.45) is 0 Å². The maximum absolute atomic E-state index is 12.8. The van der Waals surface area contributed by atoms with Crippen LogP contribution in [0.3, 0.4) is 0 Å². The largest absolute Gasteiger partial charge is 0.479 e. The first-order valence-corrected chi connectivity index (χ1v) is 8.51. The second-order valence-electron chi connectivity index (χ2n) is 6.71. The zero-order valence-corrected chi connectivity index (χ0v) is 14.4. The van der Waals surface area contributed by atoms with Gasteiger partial charge in [-0.15, -0.1) is 0 Å². The van der Waals surface area contributed by atoms with Crippen LogP contribution >= 0.6 is 0 Å². The molecule has 0 atom stereocenters. The molecule has 4 rings (SSSR count). The zero-order valence-electron chi connectivity index (χ0n) is 14.4. The van der Waals surface area contributed by atoms with Gasteiger partial charge >= 0.3 is 5.97 Å². The van der Waals surface area contributed by atoms with E-state index in [0.717, 1.165) is 16.7 Å². The Labute approximate surface area is 149 Å². The molecule has 1 N–H and O–H groups in total. The summed E-state index contributed by atoms with van der Waals surface area (Å²) in [6, 6.07) is 7.27. The first kappa shape index (κ1) is 16.4. The summed E-state index contributed by atoms with van der Waals surface area (Å²) < 4.78 is 7.18. The van der Waals surface area contributed by atoms with E-state index in [1.54, 1.807) is 34.0 Å². The lowest BCUT2D eigenvalue weighted by molar-refractivity contribution is -0.150. The van der Waals surface area contributed by atoms with Crippen LogP contribution in [0.1, 0.15) is 29.0 Å². The van der Waals surface area contributed by atoms with Crippen LogP contribution in [0.25, 0.3) is 11.0 Å². The van der Waals surface area contributed by atoms with E-state index in [2.05, 4.69) is 4.98 Å². The smallest absolute Gasteiger partial charge is 0.330 e. The Morgan fingerprint density at radius 1 is 1.23 bits per heavy atom. The van der Waals surface area contributed by atoms with Crippen molar-refractivity contribution in [3.63, 3.8) is 0 Å². The molecule has 1 fully saturated rings. The number of carboxylic acid groups (broad SMARTS) is 1. The summed E-state index contributed by atoms with van der Waals surface area (Å²) in [5.74, 6) is -0.178. The number of amides is 1. The second kappa shape index (κ2) is 6.01. The molecule has 0 saturated carbocycles. The molecule has 7 nitrogen and oxygen atoms in total. The molecule has 2 aromatic heterocycles. The number of hydrogen-bond donors (Lipinski definition) is 1. The number of aryl methyl sites for hydroxylation is 1. The van der Waals surface area contributed by atoms with E-state index in [9.17, 15) is 14.7 Å². The molecule has 0 radical (unpaired) electrons. The number of rotatable bonds is 3. The van der Waals surface area contributed by atoms with Gasteiger partial charge in [0, 0.05) is 36.4 Å². The number of imidazole rings is 1. The van der Waals surface area contributed by atoms with E-state index in [-0.39, 0.29) is 5.91 Å². The van der Waals surface area contributed by atoms with Gasteiger partial charge in [0.15, 0.2) is 0 Å². The quantitative estimate of drug-likeness (QED) is 0.782. The number of carbonyl (C=O) groups excluding carboxylic acids is 1. The highest BCUT2D eigenvalue weighted by Crippen LogP contribution is 2.31. The summed E-state index contributed by atoms with van der Waals surface area (Å²) in [4.78, 5) is 30.4. The number of carboxylic acids is 1. The zero-order chi connectivity index (χ0) is 18.3. The van der Waals surface area contributed by atoms with Gasteiger partial charge in [-0.2, -0.15) is 0 Å². The molecule has 3 aromatic rings. The normalized spacial score (nSPS) is 16.7. The van der Waals surface area contributed by atoms with Crippen LogP contribution in [0.4, 0.5) is 0 Å². The third-order valence-corrected chi connectivity index (χ3v) is 5.16. The molecule has 1 amide bonds. The summed E-state index contributed by atoms with van der Waals surface area (Å²) in [7, 11) is 0. The van der Waals surface area contributed by atoms with Crippen LogP contribution in [0.15, 0.2) is 47.4 Å². The van der Waals surface area contributed by atoms with Crippen molar-refractivity contribution < 1.29 is 19.1 Å². The van der Waals surface area contributed by atoms with Crippen molar-refractivity contribution in [1.29, 1.82) is 0 Å². The van der Waals surface area contributed by atoms with E-state index in [1.807, 2.05) is 19.1 Å². The van der Waals surface area contributed by atoms with E-state index in [1.165, 1.54) is 6.33 Å². The second-order valence-corrected chi connectivity index (χ2v) is 6.71. The number of aromatic nitrogens is 2. The third kappa shape index (κ3) is 2.56. The fourth-order valence-electron chi connectivity index (χ4n) is 3.67. The van der Waals surface area contributed by atoms with Gasteiger partial charge < -0.3 is 19.0 Å². The number of benzene rings is 1. The monoisotopic (exact) mass is 353 g/mol. The molecule has 3 heterocycles. The predicted molar refractivity (Wildman–Crippen MR) is 93.9 cm³/mol. The molecule has 0 aliphatic carbocycles. The minimum Gasteiger partial charge on any atom is -0.479 e. The average molecular weight is 353 g/mol. The van der Waals surface area contributed by atoms with Gasteiger partial charge in [-0.3, -0.25) is 4.79 Å². The lowest BCUT2D eigenvalue weighted by atomic mass is 9.87. The number of fused-ring (bicyclic) bond motifs is 1. The Morgan fingerprint density at radius 2 is 2.00 bits per heavy atom. The lowest BCUT2D eigenvalue weighted by Crippen LogP contribution is -2.52. The van der Waals surface area contributed by atoms with Crippen molar-refractivity contribution >= 4 is 22.8 Å². The Hall–Kier alpha value is -3.09. The first-order chi connectivity index (χ1) is 12.5. The van der Waals surface area contributed by atoms with Gasteiger partial charge in [0.05, 0.1) is 6.33 Å². The Kier molecular flexibility index (Phi) is 3.79. The van der Waals surface area contributed by atoms with Crippen molar-refractivity contribution in [2.75, 3.05) is 13.1 Å². The van der Waals surface area contributed by atoms with Gasteiger partial charge in [0.25, 0.3) is 5.91 Å². The van der Waals surface area contributed by atoms with Crippen LogP contribution in [0, 0.1) is 6.92 Å². The summed E-state index contributed by atoms with van der Waals surface area (Å²) >= 11 is 0. The summed E-state index contributed by atoms with van der Waals surface area (Å²) in [6.45, 7) is 2.63. The van der Waals surface area contributed by atoms with Gasteiger partial charge in [-0.25, -0.2) is 9.78 Å². The number of nitrogens with zero attached hydrogens (tertiary/aromatic N) is 3. The van der Waals surface area contributed by atoms with Crippen molar-refractivity contribution in [2.45, 2.75) is 25.3 Å². The number of aliphatic carboxylic acids is 1. The Morgan fingerprint density at radius 3 is 2.65 bits per heavy atom. The molecule has 1 aliphatic rings. The number of furan rings is 1. The Balaban J connectivity index is 1.54. The molecule has 0 unspecified atom stereocenters. The molecular formula is C19H19N3O4. The van der Waals surface area contributed by atoms with Crippen LogP contribution in [0.5, 0.6) is 0 Å². The molecule has 1 saturated heterocycles. The standard InChI is InChI=1S/C19H19N3O4/c1-13-10-15-11-14(2-3-16(15)26-13)17(23)21-7-4-19(5-8-21,18(24)25)22-9-6-20-12-22/h2-3,6,9-12H,4-5,7-8H2,1H3,(H,24,25). The molecule has 1 aliphatic heterocycles. The number of piperidine rings is 1. The lowest BCUT2D eigenvalue weighted by Gasteiger charge is -2.39. The SMILES string of the molecule is Cc1cc2cc(C(=O)N3CCC(C(=O)O)(n4ccnc4)CC3)ccc2o1. The highest BCUT2D eigenvalue weighted by atomic mass is 16.4. The number of likely N-dealkylation sites (tertiary alicyclic amines) is 1.